The van der Waals surface area contributed by atoms with Gasteiger partial charge in [-0.15, -0.1) is 0 Å². The van der Waals surface area contributed by atoms with E-state index in [1.807, 2.05) is 39.2 Å². The van der Waals surface area contributed by atoms with E-state index in [2.05, 4.69) is 25.5 Å². The molecule has 2 N–H and O–H groups in total. The first-order chi connectivity index (χ1) is 11.5. The second kappa shape index (κ2) is 8.61. The van der Waals surface area contributed by atoms with Crippen LogP contribution >= 0.6 is 11.6 Å². The molecule has 0 saturated carbocycles. The highest BCUT2D eigenvalue weighted by molar-refractivity contribution is 6.31. The number of halogens is 1. The highest BCUT2D eigenvalue weighted by Crippen LogP contribution is 2.22. The van der Waals surface area contributed by atoms with E-state index in [0.29, 0.717) is 23.1 Å². The Kier molecular flexibility index (Phi) is 6.52. The number of carbonyl (C=O) groups is 1. The van der Waals surface area contributed by atoms with Crippen LogP contribution in [-0.2, 0) is 0 Å². The van der Waals surface area contributed by atoms with Crippen molar-refractivity contribution in [1.82, 2.24) is 20.2 Å². The van der Waals surface area contributed by atoms with Gasteiger partial charge in [-0.05, 0) is 51.7 Å². The first kappa shape index (κ1) is 18.2. The third-order valence-electron chi connectivity index (χ3n) is 3.41. The molecule has 0 aliphatic rings. The molecule has 0 aliphatic heterocycles. The lowest BCUT2D eigenvalue weighted by molar-refractivity contribution is 0.0947. The SMILES string of the molecule is Cc1ccc(Nc2cc(C(=O)NCCCN(C)C)ncn2)cc1Cl. The molecular weight excluding hydrogens is 326 g/mol. The number of aryl methyl sites for hydroxylation is 1. The largest absolute Gasteiger partial charge is 0.351 e. The summed E-state index contributed by atoms with van der Waals surface area (Å²) in [7, 11) is 4.00. The molecule has 0 aliphatic carbocycles. The smallest absolute Gasteiger partial charge is 0.270 e. The molecule has 2 rings (SSSR count). The molecule has 24 heavy (non-hydrogen) atoms. The van der Waals surface area contributed by atoms with E-state index in [-0.39, 0.29) is 5.91 Å². The molecule has 0 saturated heterocycles. The molecule has 0 atom stereocenters. The minimum Gasteiger partial charge on any atom is -0.351 e. The molecular formula is C17H22ClN5O. The lowest BCUT2D eigenvalue weighted by Crippen LogP contribution is -2.27. The highest BCUT2D eigenvalue weighted by Gasteiger charge is 2.08. The molecule has 1 amide bonds. The van der Waals surface area contributed by atoms with E-state index in [0.717, 1.165) is 24.2 Å². The van der Waals surface area contributed by atoms with E-state index < -0.39 is 0 Å². The molecule has 0 fully saturated rings. The van der Waals surface area contributed by atoms with Gasteiger partial charge in [-0.1, -0.05) is 17.7 Å². The number of benzene rings is 1. The van der Waals surface area contributed by atoms with Crippen LogP contribution < -0.4 is 10.6 Å². The van der Waals surface area contributed by atoms with Crippen molar-refractivity contribution in [2.75, 3.05) is 32.5 Å². The summed E-state index contributed by atoms with van der Waals surface area (Å²) in [5, 5.41) is 6.66. The summed E-state index contributed by atoms with van der Waals surface area (Å²) in [5.41, 5.74) is 2.14. The Balaban J connectivity index is 1.97. The van der Waals surface area contributed by atoms with E-state index in [4.69, 9.17) is 11.6 Å². The monoisotopic (exact) mass is 347 g/mol. The van der Waals surface area contributed by atoms with Crippen LogP contribution in [0.2, 0.25) is 5.02 Å². The van der Waals surface area contributed by atoms with Crippen LogP contribution in [-0.4, -0.2) is 48.0 Å². The number of amides is 1. The first-order valence-corrected chi connectivity index (χ1v) is 8.11. The van der Waals surface area contributed by atoms with Crippen LogP contribution in [0.15, 0.2) is 30.6 Å². The van der Waals surface area contributed by atoms with Gasteiger partial charge in [-0.3, -0.25) is 4.79 Å². The Morgan fingerprint density at radius 3 is 2.75 bits per heavy atom. The highest BCUT2D eigenvalue weighted by atomic mass is 35.5. The maximum Gasteiger partial charge on any atom is 0.270 e. The van der Waals surface area contributed by atoms with Crippen LogP contribution in [0.3, 0.4) is 0 Å². The average molecular weight is 348 g/mol. The number of nitrogens with one attached hydrogen (secondary N) is 2. The van der Waals surface area contributed by atoms with E-state index in [9.17, 15) is 4.79 Å². The molecule has 1 heterocycles. The second-order valence-corrected chi connectivity index (χ2v) is 6.20. The zero-order valence-corrected chi connectivity index (χ0v) is 14.9. The van der Waals surface area contributed by atoms with Crippen LogP contribution in [0, 0.1) is 6.92 Å². The maximum atomic E-state index is 12.1. The minimum absolute atomic E-state index is 0.207. The number of aromatic nitrogens is 2. The third kappa shape index (κ3) is 5.47. The molecule has 7 heteroatoms. The lowest BCUT2D eigenvalue weighted by atomic mass is 10.2. The molecule has 0 spiro atoms. The van der Waals surface area contributed by atoms with Gasteiger partial charge in [0, 0.05) is 23.3 Å². The fourth-order valence-electron chi connectivity index (χ4n) is 2.06. The Hall–Kier alpha value is -2.18. The maximum absolute atomic E-state index is 12.1. The van der Waals surface area contributed by atoms with E-state index in [1.54, 1.807) is 6.07 Å². The van der Waals surface area contributed by atoms with Gasteiger partial charge in [0.2, 0.25) is 0 Å². The Morgan fingerprint density at radius 2 is 2.04 bits per heavy atom. The van der Waals surface area contributed by atoms with Crippen molar-refractivity contribution >= 4 is 29.0 Å². The van der Waals surface area contributed by atoms with Gasteiger partial charge >= 0.3 is 0 Å². The molecule has 1 aromatic carbocycles. The molecule has 2 aromatic rings. The van der Waals surface area contributed by atoms with Crippen molar-refractivity contribution in [2.45, 2.75) is 13.3 Å². The fraction of sp³-hybridized carbons (Fsp3) is 0.353. The molecule has 0 unspecified atom stereocenters. The number of hydrogen-bond donors (Lipinski definition) is 2. The molecule has 0 radical (unpaired) electrons. The van der Waals surface area contributed by atoms with Crippen molar-refractivity contribution < 1.29 is 4.79 Å². The number of nitrogens with zero attached hydrogens (tertiary/aromatic N) is 3. The van der Waals surface area contributed by atoms with E-state index >= 15 is 0 Å². The van der Waals surface area contributed by atoms with Crippen LogP contribution in [0.25, 0.3) is 0 Å². The zero-order valence-electron chi connectivity index (χ0n) is 14.1. The predicted molar refractivity (Wildman–Crippen MR) is 97.0 cm³/mol. The Bertz CT molecular complexity index is 705. The van der Waals surface area contributed by atoms with Gasteiger partial charge in [0.05, 0.1) is 0 Å². The standard InChI is InChI=1S/C17H22ClN5O/c1-12-5-6-13(9-14(12)18)22-16-10-15(20-11-21-16)17(24)19-7-4-8-23(2)3/h5-6,9-11H,4,7-8H2,1-3H3,(H,19,24)(H,20,21,22). The number of hydrogen-bond acceptors (Lipinski definition) is 5. The number of carbonyl (C=O) groups excluding carboxylic acids is 1. The number of rotatable bonds is 7. The van der Waals surface area contributed by atoms with Gasteiger partial charge in [-0.2, -0.15) is 0 Å². The van der Waals surface area contributed by atoms with Crippen molar-refractivity contribution in [2.24, 2.45) is 0 Å². The van der Waals surface area contributed by atoms with Crippen molar-refractivity contribution in [3.63, 3.8) is 0 Å². The molecule has 128 valence electrons. The van der Waals surface area contributed by atoms with Crippen LogP contribution in [0.5, 0.6) is 0 Å². The second-order valence-electron chi connectivity index (χ2n) is 5.79. The predicted octanol–water partition coefficient (Wildman–Crippen LogP) is 2.86. The van der Waals surface area contributed by atoms with Gasteiger partial charge in [0.25, 0.3) is 5.91 Å². The van der Waals surface area contributed by atoms with Gasteiger partial charge < -0.3 is 15.5 Å². The normalized spacial score (nSPS) is 10.7. The van der Waals surface area contributed by atoms with Crippen LogP contribution in [0.1, 0.15) is 22.5 Å². The average Bonchev–Trinajstić information content (AvgIpc) is 2.55. The Morgan fingerprint density at radius 1 is 1.25 bits per heavy atom. The summed E-state index contributed by atoms with van der Waals surface area (Å²) in [6.45, 7) is 3.47. The quantitative estimate of drug-likeness (QED) is 0.754. The summed E-state index contributed by atoms with van der Waals surface area (Å²) >= 11 is 6.11. The third-order valence-corrected chi connectivity index (χ3v) is 3.82. The summed E-state index contributed by atoms with van der Waals surface area (Å²) in [6, 6.07) is 7.27. The molecule has 1 aromatic heterocycles. The van der Waals surface area contributed by atoms with Crippen molar-refractivity contribution in [1.29, 1.82) is 0 Å². The fourth-order valence-corrected chi connectivity index (χ4v) is 2.24. The zero-order chi connectivity index (χ0) is 17.5. The summed E-state index contributed by atoms with van der Waals surface area (Å²) < 4.78 is 0. The summed E-state index contributed by atoms with van der Waals surface area (Å²) in [4.78, 5) is 22.4. The van der Waals surface area contributed by atoms with Crippen LogP contribution in [0.4, 0.5) is 11.5 Å². The Labute approximate surface area is 147 Å². The van der Waals surface area contributed by atoms with Gasteiger partial charge in [0.15, 0.2) is 0 Å². The minimum atomic E-state index is -0.207. The summed E-state index contributed by atoms with van der Waals surface area (Å²) in [5.74, 6) is 0.338. The lowest BCUT2D eigenvalue weighted by Gasteiger charge is -2.10. The van der Waals surface area contributed by atoms with Gasteiger partial charge in [0.1, 0.15) is 17.8 Å². The van der Waals surface area contributed by atoms with E-state index in [1.165, 1.54) is 6.33 Å². The summed E-state index contributed by atoms with van der Waals surface area (Å²) in [6.07, 6.45) is 2.25. The van der Waals surface area contributed by atoms with Crippen molar-refractivity contribution in [3.8, 4) is 0 Å². The van der Waals surface area contributed by atoms with Crippen molar-refractivity contribution in [3.05, 3.63) is 46.9 Å². The molecule has 0 bridgehead atoms. The molecule has 6 nitrogen and oxygen atoms in total. The number of anilines is 2. The van der Waals surface area contributed by atoms with Gasteiger partial charge in [-0.25, -0.2) is 9.97 Å². The topological polar surface area (TPSA) is 70.2 Å². The first-order valence-electron chi connectivity index (χ1n) is 7.74.